The largest absolute Gasteiger partial charge is 0.377 e. The summed E-state index contributed by atoms with van der Waals surface area (Å²) in [6, 6.07) is 34.3. The van der Waals surface area contributed by atoms with E-state index < -0.39 is 0 Å². The first-order valence-electron chi connectivity index (χ1n) is 14.8. The van der Waals surface area contributed by atoms with Gasteiger partial charge in [-0.15, -0.1) is 0 Å². The summed E-state index contributed by atoms with van der Waals surface area (Å²) in [7, 11) is 2.13. The van der Waals surface area contributed by atoms with Gasteiger partial charge in [0.05, 0.1) is 52.9 Å². The maximum atomic E-state index is 5.81. The molecule has 0 aliphatic carbocycles. The minimum atomic E-state index is 0.583. The van der Waals surface area contributed by atoms with E-state index in [1.807, 2.05) is 0 Å². The molecule has 0 atom stereocenters. The lowest BCUT2D eigenvalue weighted by Gasteiger charge is -2.25. The summed E-state index contributed by atoms with van der Waals surface area (Å²) in [6.45, 7) is 6.37. The minimum absolute atomic E-state index is 0.583. The van der Waals surface area contributed by atoms with Crippen LogP contribution in [-0.2, 0) is 26.0 Å². The molecule has 5 rings (SSSR count). The van der Waals surface area contributed by atoms with E-state index in [0.717, 1.165) is 30.0 Å². The molecule has 0 unspecified atom stereocenters. The number of anilines is 1. The van der Waals surface area contributed by atoms with Crippen molar-refractivity contribution in [3.8, 4) is 22.4 Å². The number of pyridine rings is 1. The van der Waals surface area contributed by atoms with Crippen LogP contribution in [0.4, 0.5) is 5.69 Å². The first kappa shape index (κ1) is 29.7. The summed E-state index contributed by atoms with van der Waals surface area (Å²) in [5, 5.41) is 0. The molecule has 1 saturated heterocycles. The van der Waals surface area contributed by atoms with E-state index in [2.05, 4.69) is 126 Å². The van der Waals surface area contributed by atoms with Crippen molar-refractivity contribution in [3.05, 3.63) is 108 Å². The zero-order valence-electron chi connectivity index (χ0n) is 24.5. The van der Waals surface area contributed by atoms with E-state index in [0.29, 0.717) is 52.9 Å². The molecule has 0 bridgehead atoms. The zero-order valence-corrected chi connectivity index (χ0v) is 24.5. The Morgan fingerprint density at radius 2 is 1.07 bits per heavy atom. The molecule has 0 N–H and O–H groups in total. The SMILES string of the molecule is C[n+]1c(/C=C/c2ccc(N3CCOCCOCCOCCOCC3)cc2)cc(-c2ccccc2)cc1-c1ccccc1. The number of benzene rings is 3. The van der Waals surface area contributed by atoms with Crippen LogP contribution in [-0.4, -0.2) is 65.9 Å². The molecule has 3 aromatic carbocycles. The number of nitrogens with zero attached hydrogens (tertiary/aromatic N) is 2. The second kappa shape index (κ2) is 16.0. The highest BCUT2D eigenvalue weighted by molar-refractivity contribution is 5.74. The van der Waals surface area contributed by atoms with Crippen LogP contribution in [0.1, 0.15) is 11.3 Å². The van der Waals surface area contributed by atoms with Gasteiger partial charge >= 0.3 is 0 Å². The van der Waals surface area contributed by atoms with Crippen molar-refractivity contribution in [2.75, 3.05) is 70.8 Å². The fourth-order valence-corrected chi connectivity index (χ4v) is 4.98. The van der Waals surface area contributed by atoms with Crippen LogP contribution in [0.3, 0.4) is 0 Å². The maximum Gasteiger partial charge on any atom is 0.213 e. The molecule has 1 aliphatic heterocycles. The van der Waals surface area contributed by atoms with Gasteiger partial charge in [0, 0.05) is 42.5 Å². The number of rotatable bonds is 5. The minimum Gasteiger partial charge on any atom is -0.377 e. The summed E-state index contributed by atoms with van der Waals surface area (Å²) in [5.41, 5.74) is 8.19. The molecule has 0 spiro atoms. The lowest BCUT2D eigenvalue weighted by Crippen LogP contribution is -2.34. The zero-order chi connectivity index (χ0) is 28.8. The molecule has 42 heavy (non-hydrogen) atoms. The van der Waals surface area contributed by atoms with E-state index in [1.165, 1.54) is 22.4 Å². The Morgan fingerprint density at radius 1 is 0.548 bits per heavy atom. The van der Waals surface area contributed by atoms with Gasteiger partial charge in [0.1, 0.15) is 7.05 Å². The summed E-state index contributed by atoms with van der Waals surface area (Å²) >= 11 is 0. The predicted molar refractivity (Wildman–Crippen MR) is 169 cm³/mol. The average molecular weight is 566 g/mol. The van der Waals surface area contributed by atoms with Crippen molar-refractivity contribution in [2.45, 2.75) is 0 Å². The number of aromatic nitrogens is 1. The summed E-state index contributed by atoms with van der Waals surface area (Å²) in [5.74, 6) is 0. The Kier molecular flexibility index (Phi) is 11.3. The number of hydrogen-bond acceptors (Lipinski definition) is 5. The van der Waals surface area contributed by atoms with Gasteiger partial charge in [-0.05, 0) is 47.0 Å². The van der Waals surface area contributed by atoms with E-state index in [-0.39, 0.29) is 0 Å². The van der Waals surface area contributed by atoms with Gasteiger partial charge in [-0.3, -0.25) is 0 Å². The standard InChI is InChI=1S/C36H41N2O4/c1-37-35(28-33(31-8-4-2-5-9-31)29-36(37)32-10-6-3-7-11-32)17-14-30-12-15-34(16-13-30)38-18-20-39-22-24-41-26-27-42-25-23-40-21-19-38/h2-17,28-29H,18-27H2,1H3/q+1. The Hall–Kier alpha value is -3.81. The molecule has 0 amide bonds. The van der Waals surface area contributed by atoms with Crippen LogP contribution in [0.2, 0.25) is 0 Å². The highest BCUT2D eigenvalue weighted by Gasteiger charge is 2.16. The Labute approximate surface area is 249 Å². The molecule has 6 nitrogen and oxygen atoms in total. The van der Waals surface area contributed by atoms with Crippen molar-refractivity contribution in [1.82, 2.24) is 0 Å². The van der Waals surface area contributed by atoms with E-state index in [1.54, 1.807) is 0 Å². The van der Waals surface area contributed by atoms with Crippen LogP contribution in [0.15, 0.2) is 97.1 Å². The maximum absolute atomic E-state index is 5.81. The fraction of sp³-hybridized carbons (Fsp3) is 0.306. The second-order valence-electron chi connectivity index (χ2n) is 10.2. The topological polar surface area (TPSA) is 44.0 Å². The molecule has 0 radical (unpaired) electrons. The van der Waals surface area contributed by atoms with Crippen molar-refractivity contribution in [3.63, 3.8) is 0 Å². The molecule has 1 aromatic heterocycles. The quantitative estimate of drug-likeness (QED) is 0.282. The van der Waals surface area contributed by atoms with E-state index in [9.17, 15) is 0 Å². The first-order chi connectivity index (χ1) is 20.8. The highest BCUT2D eigenvalue weighted by Crippen LogP contribution is 2.26. The van der Waals surface area contributed by atoms with Gasteiger partial charge in [0.15, 0.2) is 0 Å². The van der Waals surface area contributed by atoms with E-state index >= 15 is 0 Å². The van der Waals surface area contributed by atoms with Crippen molar-refractivity contribution in [1.29, 1.82) is 0 Å². The summed E-state index contributed by atoms with van der Waals surface area (Å²) < 4.78 is 25.0. The van der Waals surface area contributed by atoms with Crippen LogP contribution in [0.25, 0.3) is 34.5 Å². The van der Waals surface area contributed by atoms with Gasteiger partial charge < -0.3 is 23.8 Å². The van der Waals surface area contributed by atoms with Gasteiger partial charge in [-0.2, -0.15) is 4.57 Å². The fourth-order valence-electron chi connectivity index (χ4n) is 4.98. The molecule has 218 valence electrons. The average Bonchev–Trinajstić information content (AvgIpc) is 3.05. The lowest BCUT2D eigenvalue weighted by molar-refractivity contribution is -0.662. The molecule has 2 heterocycles. The monoisotopic (exact) mass is 565 g/mol. The summed E-state index contributed by atoms with van der Waals surface area (Å²) in [4.78, 5) is 2.31. The normalized spacial score (nSPS) is 16.2. The van der Waals surface area contributed by atoms with Gasteiger partial charge in [-0.25, -0.2) is 0 Å². The third-order valence-corrected chi connectivity index (χ3v) is 7.35. The van der Waals surface area contributed by atoms with Crippen LogP contribution >= 0.6 is 0 Å². The molecule has 0 saturated carbocycles. The molecular weight excluding hydrogens is 524 g/mol. The first-order valence-corrected chi connectivity index (χ1v) is 14.8. The summed E-state index contributed by atoms with van der Waals surface area (Å²) in [6.07, 6.45) is 4.38. The van der Waals surface area contributed by atoms with Crippen LogP contribution in [0, 0.1) is 0 Å². The molecule has 1 aliphatic rings. The van der Waals surface area contributed by atoms with E-state index in [4.69, 9.17) is 18.9 Å². The van der Waals surface area contributed by atoms with Crippen LogP contribution < -0.4 is 9.47 Å². The molecule has 4 aromatic rings. The predicted octanol–water partition coefficient (Wildman–Crippen LogP) is 5.90. The third kappa shape index (κ3) is 8.60. The van der Waals surface area contributed by atoms with Gasteiger partial charge in [-0.1, -0.05) is 60.7 Å². The Balaban J connectivity index is 1.33. The molecule has 1 fully saturated rings. The third-order valence-electron chi connectivity index (χ3n) is 7.35. The van der Waals surface area contributed by atoms with Crippen molar-refractivity contribution in [2.24, 2.45) is 7.05 Å². The van der Waals surface area contributed by atoms with Crippen molar-refractivity contribution >= 4 is 17.8 Å². The lowest BCUT2D eigenvalue weighted by atomic mass is 10.0. The molecular formula is C36H41N2O4+. The Bertz CT molecular complexity index is 1380. The van der Waals surface area contributed by atoms with Crippen molar-refractivity contribution < 1.29 is 23.5 Å². The second-order valence-corrected chi connectivity index (χ2v) is 10.2. The van der Waals surface area contributed by atoms with Gasteiger partial charge in [0.25, 0.3) is 0 Å². The molecule has 6 heteroatoms. The number of ether oxygens (including phenoxy) is 4. The van der Waals surface area contributed by atoms with Gasteiger partial charge in [0.2, 0.25) is 11.4 Å². The van der Waals surface area contributed by atoms with Crippen LogP contribution in [0.5, 0.6) is 0 Å². The highest BCUT2D eigenvalue weighted by atomic mass is 16.6. The number of hydrogen-bond donors (Lipinski definition) is 0. The Morgan fingerprint density at radius 3 is 1.64 bits per heavy atom. The smallest absolute Gasteiger partial charge is 0.213 e.